The average Bonchev–Trinajstić information content (AvgIpc) is 3.69. The normalized spacial score (nSPS) is 21.8. The standard InChI is InChI=1S/C25H26N2O5/c28-22(26-13-15-11-20(15)23(29)30)12-25(9-10-25)27-24(31)32-14-21-18-7-3-1-5-16(18)17-6-2-4-8-19(17)21/h1-8,15,20-21H,9-14H2,(H,26,28)(H,27,31)(H,29,30)/t15-,20-/m1/s1. The van der Waals surface area contributed by atoms with Gasteiger partial charge in [0.05, 0.1) is 11.5 Å². The molecule has 0 heterocycles. The summed E-state index contributed by atoms with van der Waals surface area (Å²) in [5, 5.41) is 14.6. The van der Waals surface area contributed by atoms with Crippen molar-refractivity contribution in [1.29, 1.82) is 0 Å². The molecule has 2 aromatic rings. The summed E-state index contributed by atoms with van der Waals surface area (Å²) < 4.78 is 5.60. The van der Waals surface area contributed by atoms with E-state index in [2.05, 4.69) is 34.9 Å². The van der Waals surface area contributed by atoms with E-state index in [4.69, 9.17) is 9.84 Å². The Morgan fingerprint density at radius 3 is 2.19 bits per heavy atom. The molecule has 166 valence electrons. The molecule has 0 radical (unpaired) electrons. The summed E-state index contributed by atoms with van der Waals surface area (Å²) in [7, 11) is 0. The Morgan fingerprint density at radius 2 is 1.62 bits per heavy atom. The first kappa shape index (κ1) is 20.5. The van der Waals surface area contributed by atoms with E-state index in [1.165, 1.54) is 11.1 Å². The van der Waals surface area contributed by atoms with E-state index >= 15 is 0 Å². The lowest BCUT2D eigenvalue weighted by Crippen LogP contribution is -2.42. The first-order chi connectivity index (χ1) is 15.5. The highest BCUT2D eigenvalue weighted by molar-refractivity contribution is 5.81. The fourth-order valence-corrected chi connectivity index (χ4v) is 4.74. The van der Waals surface area contributed by atoms with Crippen LogP contribution in [0.15, 0.2) is 48.5 Å². The number of fused-ring (bicyclic) bond motifs is 3. The second kappa shape index (κ2) is 7.97. The second-order valence-electron chi connectivity index (χ2n) is 9.15. The molecular formula is C25H26N2O5. The molecule has 0 saturated heterocycles. The van der Waals surface area contributed by atoms with Crippen molar-refractivity contribution in [2.75, 3.05) is 13.2 Å². The molecule has 32 heavy (non-hydrogen) atoms. The highest BCUT2D eigenvalue weighted by Gasteiger charge is 2.47. The van der Waals surface area contributed by atoms with Crippen molar-refractivity contribution in [3.05, 3.63) is 59.7 Å². The number of carboxylic acids is 1. The topological polar surface area (TPSA) is 105 Å². The first-order valence-corrected chi connectivity index (χ1v) is 11.1. The highest BCUT2D eigenvalue weighted by Crippen LogP contribution is 2.45. The molecule has 2 saturated carbocycles. The minimum Gasteiger partial charge on any atom is -0.481 e. The molecule has 0 spiro atoms. The summed E-state index contributed by atoms with van der Waals surface area (Å²) in [6.45, 7) is 0.608. The minimum absolute atomic E-state index is 0.00711. The molecule has 0 aromatic heterocycles. The number of aliphatic carboxylic acids is 1. The van der Waals surface area contributed by atoms with E-state index in [1.807, 2.05) is 24.3 Å². The third-order valence-electron chi connectivity index (χ3n) is 6.86. The zero-order valence-corrected chi connectivity index (χ0v) is 17.7. The van der Waals surface area contributed by atoms with Crippen molar-refractivity contribution in [2.45, 2.75) is 37.1 Å². The number of amides is 2. The molecule has 3 aliphatic rings. The van der Waals surface area contributed by atoms with E-state index in [-0.39, 0.29) is 36.7 Å². The van der Waals surface area contributed by atoms with E-state index in [0.29, 0.717) is 13.0 Å². The van der Waals surface area contributed by atoms with Gasteiger partial charge in [0.25, 0.3) is 0 Å². The molecule has 3 N–H and O–H groups in total. The molecule has 7 heteroatoms. The summed E-state index contributed by atoms with van der Waals surface area (Å²) in [4.78, 5) is 35.7. The average molecular weight is 434 g/mol. The molecule has 2 atom stereocenters. The van der Waals surface area contributed by atoms with Gasteiger partial charge in [-0.25, -0.2) is 4.79 Å². The molecular weight excluding hydrogens is 408 g/mol. The Hall–Kier alpha value is -3.35. The molecule has 5 rings (SSSR count). The van der Waals surface area contributed by atoms with Crippen LogP contribution in [0, 0.1) is 11.8 Å². The summed E-state index contributed by atoms with van der Waals surface area (Å²) in [6, 6.07) is 16.3. The fraction of sp³-hybridized carbons (Fsp3) is 0.400. The maximum absolute atomic E-state index is 12.5. The largest absolute Gasteiger partial charge is 0.481 e. The lowest BCUT2D eigenvalue weighted by atomic mass is 9.98. The van der Waals surface area contributed by atoms with Gasteiger partial charge < -0.3 is 20.5 Å². The third kappa shape index (κ3) is 4.07. The summed E-state index contributed by atoms with van der Waals surface area (Å²) in [5.41, 5.74) is 4.10. The molecule has 0 unspecified atom stereocenters. The number of carbonyl (C=O) groups excluding carboxylic acids is 2. The van der Waals surface area contributed by atoms with Crippen molar-refractivity contribution in [3.8, 4) is 11.1 Å². The second-order valence-corrected chi connectivity index (χ2v) is 9.15. The van der Waals surface area contributed by atoms with Crippen LogP contribution in [0.25, 0.3) is 11.1 Å². The smallest absolute Gasteiger partial charge is 0.407 e. The predicted octanol–water partition coefficient (Wildman–Crippen LogP) is 3.28. The number of carboxylic acid groups (broad SMARTS) is 1. The summed E-state index contributed by atoms with van der Waals surface area (Å²) in [6.07, 6.45) is 1.74. The maximum atomic E-state index is 12.5. The molecule has 2 fully saturated rings. The number of ether oxygens (including phenoxy) is 1. The number of hydrogen-bond donors (Lipinski definition) is 3. The first-order valence-electron chi connectivity index (χ1n) is 11.1. The molecule has 2 amide bonds. The van der Waals surface area contributed by atoms with E-state index in [9.17, 15) is 14.4 Å². The Bertz CT molecular complexity index is 1030. The van der Waals surface area contributed by atoms with E-state index in [0.717, 1.165) is 24.0 Å². The number of nitrogens with one attached hydrogen (secondary N) is 2. The van der Waals surface area contributed by atoms with Crippen LogP contribution in [-0.2, 0) is 14.3 Å². The fourth-order valence-electron chi connectivity index (χ4n) is 4.74. The molecule has 7 nitrogen and oxygen atoms in total. The Kier molecular flexibility index (Phi) is 5.12. The van der Waals surface area contributed by atoms with Gasteiger partial charge >= 0.3 is 12.1 Å². The number of carbonyl (C=O) groups is 3. The van der Waals surface area contributed by atoms with Crippen LogP contribution in [0.1, 0.15) is 42.7 Å². The van der Waals surface area contributed by atoms with Crippen molar-refractivity contribution >= 4 is 18.0 Å². The highest BCUT2D eigenvalue weighted by atomic mass is 16.5. The van der Waals surface area contributed by atoms with Gasteiger partial charge in [-0.05, 0) is 47.4 Å². The molecule has 2 aromatic carbocycles. The number of alkyl carbamates (subject to hydrolysis) is 1. The van der Waals surface area contributed by atoms with Gasteiger partial charge in [0.15, 0.2) is 0 Å². The van der Waals surface area contributed by atoms with Crippen LogP contribution < -0.4 is 10.6 Å². The quantitative estimate of drug-likeness (QED) is 0.591. The van der Waals surface area contributed by atoms with E-state index < -0.39 is 17.6 Å². The zero-order valence-electron chi connectivity index (χ0n) is 17.7. The van der Waals surface area contributed by atoms with Gasteiger partial charge in [-0.1, -0.05) is 48.5 Å². The minimum atomic E-state index is -0.806. The number of benzene rings is 2. The summed E-state index contributed by atoms with van der Waals surface area (Å²) in [5.74, 6) is -1.31. The van der Waals surface area contributed by atoms with Crippen LogP contribution >= 0.6 is 0 Å². The van der Waals surface area contributed by atoms with Gasteiger partial charge in [0.1, 0.15) is 6.61 Å². The molecule has 3 aliphatic carbocycles. The predicted molar refractivity (Wildman–Crippen MR) is 117 cm³/mol. The van der Waals surface area contributed by atoms with E-state index in [1.54, 1.807) is 0 Å². The summed E-state index contributed by atoms with van der Waals surface area (Å²) >= 11 is 0. The van der Waals surface area contributed by atoms with Crippen LogP contribution in [0.3, 0.4) is 0 Å². The SMILES string of the molecule is O=C(CC1(NC(=O)OCC2c3ccccc3-c3ccccc32)CC1)NC[C@H]1C[C@H]1C(=O)O. The third-order valence-corrected chi connectivity index (χ3v) is 6.86. The Balaban J connectivity index is 1.13. The van der Waals surface area contributed by atoms with Gasteiger partial charge in [-0.2, -0.15) is 0 Å². The van der Waals surface area contributed by atoms with Crippen molar-refractivity contribution < 1.29 is 24.2 Å². The van der Waals surface area contributed by atoms with Crippen LogP contribution in [0.5, 0.6) is 0 Å². The van der Waals surface area contributed by atoms with Crippen molar-refractivity contribution in [1.82, 2.24) is 10.6 Å². The van der Waals surface area contributed by atoms with Gasteiger partial charge in [0, 0.05) is 18.9 Å². The number of hydrogen-bond acceptors (Lipinski definition) is 4. The number of rotatable bonds is 8. The van der Waals surface area contributed by atoms with Crippen LogP contribution in [0.2, 0.25) is 0 Å². The monoisotopic (exact) mass is 434 g/mol. The van der Waals surface area contributed by atoms with Gasteiger partial charge in [-0.3, -0.25) is 9.59 Å². The lowest BCUT2D eigenvalue weighted by molar-refractivity contribution is -0.139. The van der Waals surface area contributed by atoms with Crippen LogP contribution in [0.4, 0.5) is 4.79 Å². The zero-order chi connectivity index (χ0) is 22.3. The van der Waals surface area contributed by atoms with Crippen molar-refractivity contribution in [2.24, 2.45) is 11.8 Å². The van der Waals surface area contributed by atoms with Gasteiger partial charge in [-0.15, -0.1) is 0 Å². The lowest BCUT2D eigenvalue weighted by Gasteiger charge is -2.19. The maximum Gasteiger partial charge on any atom is 0.407 e. The Morgan fingerprint density at radius 1 is 1.00 bits per heavy atom. The molecule has 0 aliphatic heterocycles. The van der Waals surface area contributed by atoms with Crippen molar-refractivity contribution in [3.63, 3.8) is 0 Å². The van der Waals surface area contributed by atoms with Gasteiger partial charge in [0.2, 0.25) is 5.91 Å². The van der Waals surface area contributed by atoms with Crippen LogP contribution in [-0.4, -0.2) is 41.8 Å². The Labute approximate surface area is 186 Å². The molecule has 0 bridgehead atoms.